The molecule has 0 aromatic heterocycles. The second-order valence-corrected chi connectivity index (χ2v) is 13.7. The summed E-state index contributed by atoms with van der Waals surface area (Å²) in [6.45, 7) is 4.88. The third-order valence-corrected chi connectivity index (χ3v) is 8.85. The van der Waals surface area contributed by atoms with Crippen molar-refractivity contribution in [1.82, 2.24) is 5.32 Å². The summed E-state index contributed by atoms with van der Waals surface area (Å²) in [4.78, 5) is 36.2. The Bertz CT molecular complexity index is 926. The molecule has 0 aliphatic rings. The molecular weight excluding hydrogens is 624 g/mol. The molecule has 288 valence electrons. The molecule has 0 saturated carbocycles. The van der Waals surface area contributed by atoms with Gasteiger partial charge in [0.25, 0.3) is 0 Å². The predicted molar refractivity (Wildman–Crippen MR) is 211 cm³/mol. The first kappa shape index (κ1) is 47.3. The Morgan fingerprint density at radius 1 is 0.600 bits per heavy atom. The van der Waals surface area contributed by atoms with Gasteiger partial charge in [0.15, 0.2) is 0 Å². The molecule has 0 aliphatic heterocycles. The maximum atomic E-state index is 12.7. The van der Waals surface area contributed by atoms with Crippen LogP contribution in [0.4, 0.5) is 0 Å². The highest BCUT2D eigenvalue weighted by molar-refractivity contribution is 5.83. The highest BCUT2D eigenvalue weighted by Crippen LogP contribution is 2.15. The molecule has 0 spiro atoms. The summed E-state index contributed by atoms with van der Waals surface area (Å²) in [6.07, 6.45) is 44.5. The van der Waals surface area contributed by atoms with Gasteiger partial charge in [-0.3, -0.25) is 9.59 Å². The van der Waals surface area contributed by atoms with Crippen molar-refractivity contribution in [2.24, 2.45) is 5.73 Å². The Balaban J connectivity index is 4.47. The number of aliphatic carboxylic acids is 1. The molecule has 50 heavy (non-hydrogen) atoms. The lowest BCUT2D eigenvalue weighted by Crippen LogP contribution is -2.40. The van der Waals surface area contributed by atoms with Crippen LogP contribution in [0, 0.1) is 0 Å². The SMILES string of the molecule is CCCCC/C=C\C/C=C\C/C=C\C(CCCCCCCC(=O)NC(CCCN)C(=O)O)OC(=O)CCCCCCC/C=C\CCCCCC. The molecule has 7 nitrogen and oxygen atoms in total. The first-order valence-electron chi connectivity index (χ1n) is 20.5. The van der Waals surface area contributed by atoms with Gasteiger partial charge in [0.2, 0.25) is 5.91 Å². The van der Waals surface area contributed by atoms with E-state index < -0.39 is 12.0 Å². The minimum absolute atomic E-state index is 0.105. The Labute approximate surface area is 307 Å². The number of allylic oxidation sites excluding steroid dienone is 7. The summed E-state index contributed by atoms with van der Waals surface area (Å²) in [6, 6.07) is -0.867. The Morgan fingerprint density at radius 3 is 1.74 bits per heavy atom. The summed E-state index contributed by atoms with van der Waals surface area (Å²) in [5.74, 6) is -1.34. The lowest BCUT2D eigenvalue weighted by atomic mass is 10.1. The topological polar surface area (TPSA) is 119 Å². The van der Waals surface area contributed by atoms with Crippen LogP contribution in [-0.4, -0.2) is 41.6 Å². The summed E-state index contributed by atoms with van der Waals surface area (Å²) in [7, 11) is 0. The molecule has 0 saturated heterocycles. The van der Waals surface area contributed by atoms with Gasteiger partial charge in [-0.1, -0.05) is 127 Å². The zero-order valence-electron chi connectivity index (χ0n) is 32.2. The molecule has 0 aromatic rings. The van der Waals surface area contributed by atoms with Crippen molar-refractivity contribution in [3.05, 3.63) is 48.6 Å². The summed E-state index contributed by atoms with van der Waals surface area (Å²) in [5.41, 5.74) is 5.47. The maximum absolute atomic E-state index is 12.7. The van der Waals surface area contributed by atoms with Gasteiger partial charge in [0, 0.05) is 12.8 Å². The number of amides is 1. The largest absolute Gasteiger partial charge is 0.480 e. The molecule has 0 fully saturated rings. The molecule has 0 bridgehead atoms. The van der Waals surface area contributed by atoms with Gasteiger partial charge in [-0.15, -0.1) is 0 Å². The van der Waals surface area contributed by atoms with E-state index in [2.05, 4.69) is 61.7 Å². The van der Waals surface area contributed by atoms with Crippen molar-refractivity contribution < 1.29 is 24.2 Å². The average molecular weight is 701 g/mol. The molecule has 2 atom stereocenters. The Hall–Kier alpha value is -2.67. The molecular formula is C43H76N2O5. The van der Waals surface area contributed by atoms with Crippen LogP contribution in [-0.2, 0) is 19.1 Å². The van der Waals surface area contributed by atoms with Crippen LogP contribution >= 0.6 is 0 Å². The quantitative estimate of drug-likeness (QED) is 0.0340. The molecule has 1 amide bonds. The van der Waals surface area contributed by atoms with Crippen LogP contribution in [0.15, 0.2) is 48.6 Å². The lowest BCUT2D eigenvalue weighted by Gasteiger charge is -2.15. The fourth-order valence-electron chi connectivity index (χ4n) is 5.72. The van der Waals surface area contributed by atoms with E-state index in [4.69, 9.17) is 10.5 Å². The van der Waals surface area contributed by atoms with Crippen molar-refractivity contribution in [1.29, 1.82) is 0 Å². The molecule has 4 N–H and O–H groups in total. The third-order valence-electron chi connectivity index (χ3n) is 8.85. The van der Waals surface area contributed by atoms with E-state index in [9.17, 15) is 19.5 Å². The van der Waals surface area contributed by atoms with Gasteiger partial charge in [-0.2, -0.15) is 0 Å². The van der Waals surface area contributed by atoms with Crippen LogP contribution in [0.5, 0.6) is 0 Å². The number of nitrogens with one attached hydrogen (secondary N) is 1. The standard InChI is InChI=1S/C43H76N2O5/c1-3-5-7-9-11-13-15-16-18-20-22-27-31-37-42(47)50-39(33-28-24-21-19-17-14-12-10-8-6-4-2)34-29-25-23-26-30-36-41(46)45-40(43(48)49)35-32-38-44/h12-15,19,21,28,33,39-40H,3-11,16-18,20,22-27,29-32,34-38,44H2,1-2H3,(H,45,46)(H,48,49)/b14-12-,15-13-,21-19-,33-28-. The average Bonchev–Trinajstić information content (AvgIpc) is 3.10. The van der Waals surface area contributed by atoms with E-state index in [0.29, 0.717) is 32.2 Å². The zero-order chi connectivity index (χ0) is 36.8. The van der Waals surface area contributed by atoms with E-state index in [1.54, 1.807) is 0 Å². The van der Waals surface area contributed by atoms with Gasteiger partial charge in [0.05, 0.1) is 0 Å². The Morgan fingerprint density at radius 2 is 1.10 bits per heavy atom. The van der Waals surface area contributed by atoms with Crippen molar-refractivity contribution in [3.8, 4) is 0 Å². The number of esters is 1. The van der Waals surface area contributed by atoms with E-state index in [1.165, 1.54) is 64.2 Å². The van der Waals surface area contributed by atoms with E-state index in [1.807, 2.05) is 6.08 Å². The number of ether oxygens (including phenoxy) is 1. The third kappa shape index (κ3) is 33.8. The van der Waals surface area contributed by atoms with E-state index >= 15 is 0 Å². The Kier molecular flexibility index (Phi) is 35.6. The van der Waals surface area contributed by atoms with Crippen LogP contribution in [0.25, 0.3) is 0 Å². The summed E-state index contributed by atoms with van der Waals surface area (Å²) in [5, 5.41) is 11.9. The molecule has 2 unspecified atom stereocenters. The monoisotopic (exact) mass is 701 g/mol. The van der Waals surface area contributed by atoms with Crippen molar-refractivity contribution in [2.75, 3.05) is 6.54 Å². The number of unbranched alkanes of at least 4 members (excludes halogenated alkanes) is 16. The van der Waals surface area contributed by atoms with Crippen molar-refractivity contribution >= 4 is 17.8 Å². The normalized spacial score (nSPS) is 13.2. The number of rotatable bonds is 36. The molecule has 0 aliphatic carbocycles. The van der Waals surface area contributed by atoms with E-state index in [-0.39, 0.29) is 18.0 Å². The lowest BCUT2D eigenvalue weighted by molar-refractivity contribution is -0.147. The highest BCUT2D eigenvalue weighted by atomic mass is 16.5. The van der Waals surface area contributed by atoms with Crippen LogP contribution in [0.1, 0.15) is 187 Å². The number of hydrogen-bond acceptors (Lipinski definition) is 5. The fraction of sp³-hybridized carbons (Fsp3) is 0.744. The molecule has 0 radical (unpaired) electrons. The zero-order valence-corrected chi connectivity index (χ0v) is 32.2. The summed E-state index contributed by atoms with van der Waals surface area (Å²) >= 11 is 0. The smallest absolute Gasteiger partial charge is 0.326 e. The number of hydrogen-bond donors (Lipinski definition) is 3. The first-order valence-corrected chi connectivity index (χ1v) is 20.5. The van der Waals surface area contributed by atoms with Gasteiger partial charge < -0.3 is 20.9 Å². The second-order valence-electron chi connectivity index (χ2n) is 13.7. The van der Waals surface area contributed by atoms with Crippen molar-refractivity contribution in [3.63, 3.8) is 0 Å². The molecule has 0 heterocycles. The predicted octanol–water partition coefficient (Wildman–Crippen LogP) is 11.2. The van der Waals surface area contributed by atoms with Gasteiger partial charge in [-0.25, -0.2) is 4.79 Å². The molecule has 7 heteroatoms. The van der Waals surface area contributed by atoms with Gasteiger partial charge in [0.1, 0.15) is 12.1 Å². The first-order chi connectivity index (χ1) is 24.4. The number of carboxylic acid groups (broad SMARTS) is 1. The number of carboxylic acids is 1. The fourth-order valence-corrected chi connectivity index (χ4v) is 5.72. The van der Waals surface area contributed by atoms with Gasteiger partial charge in [-0.05, 0) is 103 Å². The van der Waals surface area contributed by atoms with Crippen LogP contribution < -0.4 is 11.1 Å². The summed E-state index contributed by atoms with van der Waals surface area (Å²) < 4.78 is 5.91. The minimum Gasteiger partial charge on any atom is -0.480 e. The van der Waals surface area contributed by atoms with Crippen molar-refractivity contribution in [2.45, 2.75) is 199 Å². The highest BCUT2D eigenvalue weighted by Gasteiger charge is 2.18. The van der Waals surface area contributed by atoms with Crippen LogP contribution in [0.3, 0.4) is 0 Å². The van der Waals surface area contributed by atoms with E-state index in [0.717, 1.165) is 83.5 Å². The second kappa shape index (κ2) is 37.6. The number of nitrogens with two attached hydrogens (primary N) is 1. The number of carbonyl (C=O) groups is 3. The van der Waals surface area contributed by atoms with Gasteiger partial charge >= 0.3 is 11.9 Å². The minimum atomic E-state index is -1.01. The molecule has 0 rings (SSSR count). The molecule has 0 aromatic carbocycles. The maximum Gasteiger partial charge on any atom is 0.326 e. The number of carbonyl (C=O) groups excluding carboxylic acids is 2. The van der Waals surface area contributed by atoms with Crippen LogP contribution in [0.2, 0.25) is 0 Å².